The molecule has 6 heteroatoms. The van der Waals surface area contributed by atoms with Crippen LogP contribution in [0.2, 0.25) is 0 Å². The Morgan fingerprint density at radius 2 is 2.14 bits per heavy atom. The van der Waals surface area contributed by atoms with Crippen molar-refractivity contribution < 1.29 is 9.21 Å². The van der Waals surface area contributed by atoms with Crippen molar-refractivity contribution in [1.29, 1.82) is 0 Å². The number of rotatable bonds is 8. The van der Waals surface area contributed by atoms with Crippen LogP contribution in [0, 0.1) is 5.92 Å². The van der Waals surface area contributed by atoms with Crippen LogP contribution < -0.4 is 11.1 Å². The van der Waals surface area contributed by atoms with Gasteiger partial charge in [-0.3, -0.25) is 4.79 Å². The van der Waals surface area contributed by atoms with Crippen LogP contribution >= 0.6 is 0 Å². The molecule has 6 nitrogen and oxygen atoms in total. The van der Waals surface area contributed by atoms with Crippen molar-refractivity contribution in [1.82, 2.24) is 10.2 Å². The van der Waals surface area contributed by atoms with E-state index in [2.05, 4.69) is 33.9 Å². The van der Waals surface area contributed by atoms with E-state index in [4.69, 9.17) is 10.2 Å². The predicted octanol–water partition coefficient (Wildman–Crippen LogP) is 3.21. The molecule has 28 heavy (non-hydrogen) atoms. The number of nitrogens with one attached hydrogen (secondary N) is 1. The fourth-order valence-corrected chi connectivity index (χ4v) is 3.42. The lowest BCUT2D eigenvalue weighted by Crippen LogP contribution is -2.36. The highest BCUT2D eigenvalue weighted by molar-refractivity contribution is 6.11. The van der Waals surface area contributed by atoms with Crippen molar-refractivity contribution in [2.24, 2.45) is 16.6 Å². The Morgan fingerprint density at radius 3 is 2.82 bits per heavy atom. The number of hydrogen-bond donors (Lipinski definition) is 2. The Labute approximate surface area is 165 Å². The molecule has 0 bridgehead atoms. The van der Waals surface area contributed by atoms with E-state index in [1.807, 2.05) is 18.2 Å². The molecule has 1 saturated heterocycles. The Hall–Kier alpha value is -2.86. The van der Waals surface area contributed by atoms with Crippen LogP contribution in [0.4, 0.5) is 0 Å². The number of para-hydroxylation sites is 1. The van der Waals surface area contributed by atoms with Gasteiger partial charge in [0.15, 0.2) is 0 Å². The number of fused-ring (bicyclic) bond motifs is 1. The third-order valence-corrected chi connectivity index (χ3v) is 5.14. The second-order valence-corrected chi connectivity index (χ2v) is 7.09. The van der Waals surface area contributed by atoms with E-state index in [1.54, 1.807) is 13.0 Å². The minimum atomic E-state index is -0.478. The summed E-state index contributed by atoms with van der Waals surface area (Å²) in [6.07, 6.45) is 5.30. The molecule has 1 aromatic heterocycles. The third kappa shape index (κ3) is 5.10. The van der Waals surface area contributed by atoms with E-state index >= 15 is 0 Å². The van der Waals surface area contributed by atoms with Gasteiger partial charge in [-0.05, 0) is 44.4 Å². The van der Waals surface area contributed by atoms with Crippen molar-refractivity contribution in [2.45, 2.75) is 26.3 Å². The number of carbonyl (C=O) groups is 1. The number of aliphatic imine (C=N–C) groups is 1. The molecule has 1 aliphatic heterocycles. The maximum atomic E-state index is 11.2. The molecule has 2 aromatic rings. The zero-order chi connectivity index (χ0) is 19.9. The van der Waals surface area contributed by atoms with Crippen LogP contribution in [-0.4, -0.2) is 36.7 Å². The fraction of sp³-hybridized carbons (Fsp3) is 0.364. The van der Waals surface area contributed by atoms with Gasteiger partial charge in [-0.15, -0.1) is 0 Å². The number of allylic oxidation sites excluding steroid dienone is 1. The van der Waals surface area contributed by atoms with Crippen LogP contribution in [0.25, 0.3) is 11.0 Å². The largest absolute Gasteiger partial charge is 0.460 e. The summed E-state index contributed by atoms with van der Waals surface area (Å²) in [6.45, 7) is 9.30. The molecule has 0 aliphatic carbocycles. The first-order valence-corrected chi connectivity index (χ1v) is 9.69. The van der Waals surface area contributed by atoms with Crippen molar-refractivity contribution >= 4 is 23.1 Å². The first-order valence-electron chi connectivity index (χ1n) is 9.69. The number of nitrogens with zero attached hydrogens (tertiary/aromatic N) is 2. The highest BCUT2D eigenvalue weighted by Crippen LogP contribution is 2.21. The maximum absolute atomic E-state index is 11.2. The Bertz CT molecular complexity index is 856. The van der Waals surface area contributed by atoms with Gasteiger partial charge in [-0.1, -0.05) is 30.9 Å². The van der Waals surface area contributed by atoms with Gasteiger partial charge in [0.1, 0.15) is 17.2 Å². The first-order chi connectivity index (χ1) is 13.6. The van der Waals surface area contributed by atoms with E-state index in [9.17, 15) is 4.79 Å². The van der Waals surface area contributed by atoms with Crippen molar-refractivity contribution in [3.8, 4) is 0 Å². The summed E-state index contributed by atoms with van der Waals surface area (Å²) in [5, 5.41) is 4.66. The lowest BCUT2D eigenvalue weighted by Gasteiger charge is -2.33. The highest BCUT2D eigenvalue weighted by atomic mass is 16.3. The summed E-state index contributed by atoms with van der Waals surface area (Å²) in [4.78, 5) is 17.7. The molecule has 3 N–H and O–H groups in total. The molecule has 0 atom stereocenters. The number of primary amides is 1. The maximum Gasteiger partial charge on any atom is 0.249 e. The molecular formula is C22H28N4O2. The summed E-state index contributed by atoms with van der Waals surface area (Å²) >= 11 is 0. The van der Waals surface area contributed by atoms with Crippen LogP contribution in [0.3, 0.4) is 0 Å². The molecular weight excluding hydrogens is 352 g/mol. The van der Waals surface area contributed by atoms with Crippen LogP contribution in [0.5, 0.6) is 0 Å². The number of hydrogen-bond acceptors (Lipinski definition) is 5. The molecule has 2 heterocycles. The SMILES string of the molecule is C=C(/N=C\C(=C/C)C(N)=O)N1CCC(CNCc2cc3ccccc3o2)CC1. The molecule has 3 rings (SSSR count). The number of carbonyl (C=O) groups excluding carboxylic acids is 1. The molecule has 0 radical (unpaired) electrons. The quantitative estimate of drug-likeness (QED) is 0.544. The summed E-state index contributed by atoms with van der Waals surface area (Å²) in [5.41, 5.74) is 6.61. The smallest absolute Gasteiger partial charge is 0.249 e. The third-order valence-electron chi connectivity index (χ3n) is 5.14. The zero-order valence-electron chi connectivity index (χ0n) is 16.4. The van der Waals surface area contributed by atoms with E-state index in [1.165, 1.54) is 6.21 Å². The topological polar surface area (TPSA) is 83.9 Å². The van der Waals surface area contributed by atoms with Gasteiger partial charge in [0.25, 0.3) is 0 Å². The monoisotopic (exact) mass is 380 g/mol. The molecule has 1 amide bonds. The summed E-state index contributed by atoms with van der Waals surface area (Å²) in [7, 11) is 0. The Balaban J connectivity index is 1.40. The molecule has 1 fully saturated rings. The Morgan fingerprint density at radius 1 is 1.39 bits per heavy atom. The van der Waals surface area contributed by atoms with E-state index in [0.29, 0.717) is 17.3 Å². The second kappa shape index (κ2) is 9.37. The normalized spacial score (nSPS) is 16.2. The van der Waals surface area contributed by atoms with Crippen LogP contribution in [0.1, 0.15) is 25.5 Å². The van der Waals surface area contributed by atoms with Gasteiger partial charge < -0.3 is 20.4 Å². The molecule has 1 aromatic carbocycles. The molecule has 0 spiro atoms. The fourth-order valence-electron chi connectivity index (χ4n) is 3.42. The summed E-state index contributed by atoms with van der Waals surface area (Å²) < 4.78 is 5.84. The van der Waals surface area contributed by atoms with Gasteiger partial charge in [0, 0.05) is 24.7 Å². The van der Waals surface area contributed by atoms with Gasteiger partial charge >= 0.3 is 0 Å². The predicted molar refractivity (Wildman–Crippen MR) is 113 cm³/mol. The van der Waals surface area contributed by atoms with Crippen LogP contribution in [-0.2, 0) is 11.3 Å². The second-order valence-electron chi connectivity index (χ2n) is 7.09. The van der Waals surface area contributed by atoms with E-state index in [-0.39, 0.29) is 0 Å². The van der Waals surface area contributed by atoms with Crippen molar-refractivity contribution in [2.75, 3.05) is 19.6 Å². The van der Waals surface area contributed by atoms with Crippen LogP contribution in [0.15, 0.2) is 63.8 Å². The van der Waals surface area contributed by atoms with Crippen molar-refractivity contribution in [3.63, 3.8) is 0 Å². The highest BCUT2D eigenvalue weighted by Gasteiger charge is 2.19. The lowest BCUT2D eigenvalue weighted by atomic mass is 9.97. The van der Waals surface area contributed by atoms with Gasteiger partial charge in [-0.2, -0.15) is 0 Å². The van der Waals surface area contributed by atoms with Gasteiger partial charge in [-0.25, -0.2) is 4.99 Å². The van der Waals surface area contributed by atoms with E-state index in [0.717, 1.165) is 55.8 Å². The Kier molecular flexibility index (Phi) is 6.66. The molecule has 148 valence electrons. The number of piperidine rings is 1. The minimum absolute atomic E-state index is 0.394. The average Bonchev–Trinajstić information content (AvgIpc) is 3.11. The number of amides is 1. The number of benzene rings is 1. The molecule has 0 saturated carbocycles. The standard InChI is InChI=1S/C22H28N4O2/c1-3-18(22(23)27)14-25-16(2)26-10-8-17(9-11-26)13-24-15-20-12-19-6-4-5-7-21(19)28-20/h3-7,12,14,17,24H,2,8-11,13,15H2,1H3,(H2,23,27)/b18-3+,25-14-. The first kappa shape index (κ1) is 19.9. The number of furan rings is 1. The molecule has 0 unspecified atom stereocenters. The summed E-state index contributed by atoms with van der Waals surface area (Å²) in [6, 6.07) is 10.2. The van der Waals surface area contributed by atoms with Gasteiger partial charge in [0.2, 0.25) is 5.91 Å². The lowest BCUT2D eigenvalue weighted by molar-refractivity contribution is -0.114. The minimum Gasteiger partial charge on any atom is -0.460 e. The van der Waals surface area contributed by atoms with Gasteiger partial charge in [0.05, 0.1) is 12.1 Å². The number of likely N-dealkylation sites (tertiary alicyclic amines) is 1. The van der Waals surface area contributed by atoms with E-state index < -0.39 is 5.91 Å². The summed E-state index contributed by atoms with van der Waals surface area (Å²) in [5.74, 6) is 1.78. The molecule has 1 aliphatic rings. The number of nitrogens with two attached hydrogens (primary N) is 1. The zero-order valence-corrected chi connectivity index (χ0v) is 16.4. The average molecular weight is 380 g/mol. The van der Waals surface area contributed by atoms with Crippen molar-refractivity contribution in [3.05, 3.63) is 60.1 Å².